The molecule has 0 aliphatic heterocycles. The number of carbonyl (C=O) groups is 1. The van der Waals surface area contributed by atoms with Crippen LogP contribution in [0, 0.1) is 0 Å². The van der Waals surface area contributed by atoms with Crippen molar-refractivity contribution >= 4 is 17.2 Å². The first-order chi connectivity index (χ1) is 6.27. The zero-order valence-electron chi connectivity index (χ0n) is 7.69. The molecule has 0 bridgehead atoms. The lowest BCUT2D eigenvalue weighted by atomic mass is 10.3. The number of thiophene rings is 1. The minimum absolute atomic E-state index is 0.255. The largest absolute Gasteiger partial charge is 0.342 e. The van der Waals surface area contributed by atoms with Crippen LogP contribution in [0.1, 0.15) is 17.7 Å². The van der Waals surface area contributed by atoms with Gasteiger partial charge in [-0.05, 0) is 24.3 Å². The summed E-state index contributed by atoms with van der Waals surface area (Å²) in [7, 11) is 1.91. The van der Waals surface area contributed by atoms with Crippen LogP contribution in [0.25, 0.3) is 0 Å². The molecule has 3 heteroatoms. The van der Waals surface area contributed by atoms with Crippen molar-refractivity contribution in [3.05, 3.63) is 22.4 Å². The van der Waals surface area contributed by atoms with Gasteiger partial charge < -0.3 is 4.90 Å². The summed E-state index contributed by atoms with van der Waals surface area (Å²) in [6, 6.07) is 4.54. The Balaban J connectivity index is 1.90. The predicted molar refractivity (Wildman–Crippen MR) is 53.8 cm³/mol. The third kappa shape index (κ3) is 2.10. The maximum absolute atomic E-state index is 11.6. The Hall–Kier alpha value is -0.830. The zero-order valence-corrected chi connectivity index (χ0v) is 8.51. The van der Waals surface area contributed by atoms with Crippen molar-refractivity contribution < 1.29 is 4.79 Å². The minimum Gasteiger partial charge on any atom is -0.342 e. The Kier molecular flexibility index (Phi) is 2.36. The van der Waals surface area contributed by atoms with Crippen LogP contribution < -0.4 is 0 Å². The van der Waals surface area contributed by atoms with Gasteiger partial charge in [0.05, 0.1) is 6.42 Å². The number of rotatable bonds is 3. The lowest BCUT2D eigenvalue weighted by Crippen LogP contribution is -2.29. The first-order valence-corrected chi connectivity index (χ1v) is 5.43. The number of likely N-dealkylation sites (N-methyl/N-ethyl adjacent to an activating group) is 1. The zero-order chi connectivity index (χ0) is 9.26. The molecule has 13 heavy (non-hydrogen) atoms. The van der Waals surface area contributed by atoms with Gasteiger partial charge in [0, 0.05) is 18.0 Å². The second kappa shape index (κ2) is 3.50. The molecule has 70 valence electrons. The number of hydrogen-bond acceptors (Lipinski definition) is 2. The Morgan fingerprint density at radius 2 is 2.46 bits per heavy atom. The third-order valence-corrected chi connectivity index (χ3v) is 3.27. The Morgan fingerprint density at radius 1 is 1.69 bits per heavy atom. The fourth-order valence-corrected chi connectivity index (χ4v) is 2.05. The molecule has 0 aromatic carbocycles. The fraction of sp³-hybridized carbons (Fsp3) is 0.500. The first-order valence-electron chi connectivity index (χ1n) is 4.55. The van der Waals surface area contributed by atoms with Crippen LogP contribution in [0.15, 0.2) is 17.5 Å². The molecule has 1 saturated carbocycles. The molecule has 1 fully saturated rings. The van der Waals surface area contributed by atoms with E-state index in [1.54, 1.807) is 11.3 Å². The molecule has 2 rings (SSSR count). The highest BCUT2D eigenvalue weighted by molar-refractivity contribution is 7.10. The molecule has 1 amide bonds. The molecule has 1 aromatic heterocycles. The molecule has 0 radical (unpaired) electrons. The maximum atomic E-state index is 11.6. The fourth-order valence-electron chi connectivity index (χ4n) is 1.35. The van der Waals surface area contributed by atoms with Crippen LogP contribution in [0.2, 0.25) is 0 Å². The van der Waals surface area contributed by atoms with Gasteiger partial charge in [-0.15, -0.1) is 11.3 Å². The summed E-state index contributed by atoms with van der Waals surface area (Å²) in [6.45, 7) is 0. The molecule has 1 aromatic rings. The number of amides is 1. The topological polar surface area (TPSA) is 20.3 Å². The van der Waals surface area contributed by atoms with Crippen molar-refractivity contribution in [2.24, 2.45) is 0 Å². The SMILES string of the molecule is CN(C(=O)Cc1cccs1)C1CC1. The molecule has 1 aliphatic rings. The van der Waals surface area contributed by atoms with E-state index in [9.17, 15) is 4.79 Å². The first kappa shape index (κ1) is 8.75. The smallest absolute Gasteiger partial charge is 0.227 e. The second-order valence-electron chi connectivity index (χ2n) is 3.49. The number of nitrogens with zero attached hydrogens (tertiary/aromatic N) is 1. The van der Waals surface area contributed by atoms with Gasteiger partial charge in [0.15, 0.2) is 0 Å². The molecule has 2 nitrogen and oxygen atoms in total. The maximum Gasteiger partial charge on any atom is 0.227 e. The lowest BCUT2D eigenvalue weighted by molar-refractivity contribution is -0.129. The highest BCUT2D eigenvalue weighted by Gasteiger charge is 2.29. The van der Waals surface area contributed by atoms with Gasteiger partial charge in [-0.1, -0.05) is 6.07 Å². The van der Waals surface area contributed by atoms with Gasteiger partial charge in [0.25, 0.3) is 0 Å². The average molecular weight is 195 g/mol. The Labute approximate surface area is 82.2 Å². The highest BCUT2D eigenvalue weighted by Crippen LogP contribution is 2.26. The van der Waals surface area contributed by atoms with Crippen LogP contribution in [-0.2, 0) is 11.2 Å². The van der Waals surface area contributed by atoms with Crippen LogP contribution in [-0.4, -0.2) is 23.9 Å². The second-order valence-corrected chi connectivity index (χ2v) is 4.52. The van der Waals surface area contributed by atoms with Crippen molar-refractivity contribution in [2.45, 2.75) is 25.3 Å². The Morgan fingerprint density at radius 3 is 3.00 bits per heavy atom. The van der Waals surface area contributed by atoms with E-state index in [0.717, 1.165) is 4.88 Å². The quantitative estimate of drug-likeness (QED) is 0.721. The molecular formula is C10H13NOS. The van der Waals surface area contributed by atoms with Crippen LogP contribution >= 0.6 is 11.3 Å². The molecule has 0 atom stereocenters. The molecule has 1 heterocycles. The minimum atomic E-state index is 0.255. The van der Waals surface area contributed by atoms with E-state index < -0.39 is 0 Å². The highest BCUT2D eigenvalue weighted by atomic mass is 32.1. The Bertz CT molecular complexity index is 290. The monoisotopic (exact) mass is 195 g/mol. The van der Waals surface area contributed by atoms with Crippen molar-refractivity contribution in [1.29, 1.82) is 0 Å². The van der Waals surface area contributed by atoms with E-state index in [0.29, 0.717) is 12.5 Å². The van der Waals surface area contributed by atoms with Gasteiger partial charge in [0.1, 0.15) is 0 Å². The normalized spacial score (nSPS) is 15.8. The van der Waals surface area contributed by atoms with Gasteiger partial charge >= 0.3 is 0 Å². The molecule has 0 N–H and O–H groups in total. The van der Waals surface area contributed by atoms with Gasteiger partial charge in [0.2, 0.25) is 5.91 Å². The summed E-state index contributed by atoms with van der Waals surface area (Å²) < 4.78 is 0. The molecule has 1 aliphatic carbocycles. The van der Waals surface area contributed by atoms with Gasteiger partial charge in [-0.3, -0.25) is 4.79 Å². The van der Waals surface area contributed by atoms with E-state index in [1.807, 2.05) is 29.5 Å². The van der Waals surface area contributed by atoms with Crippen LogP contribution in [0.4, 0.5) is 0 Å². The van der Waals surface area contributed by atoms with Crippen molar-refractivity contribution in [2.75, 3.05) is 7.05 Å². The van der Waals surface area contributed by atoms with Gasteiger partial charge in [-0.2, -0.15) is 0 Å². The summed E-state index contributed by atoms with van der Waals surface area (Å²) in [5, 5.41) is 2.01. The van der Waals surface area contributed by atoms with Crippen molar-refractivity contribution in [3.63, 3.8) is 0 Å². The number of hydrogen-bond donors (Lipinski definition) is 0. The standard InChI is InChI=1S/C10H13NOS/c1-11(8-4-5-8)10(12)7-9-3-2-6-13-9/h2-3,6,8H,4-5,7H2,1H3. The van der Waals surface area contributed by atoms with E-state index in [2.05, 4.69) is 0 Å². The average Bonchev–Trinajstić information content (AvgIpc) is 2.85. The van der Waals surface area contributed by atoms with Crippen LogP contribution in [0.5, 0.6) is 0 Å². The summed E-state index contributed by atoms with van der Waals surface area (Å²) in [4.78, 5) is 14.7. The summed E-state index contributed by atoms with van der Waals surface area (Å²) in [6.07, 6.45) is 2.95. The summed E-state index contributed by atoms with van der Waals surface area (Å²) >= 11 is 1.65. The predicted octanol–water partition coefficient (Wildman–Crippen LogP) is 1.91. The van der Waals surface area contributed by atoms with Crippen molar-refractivity contribution in [1.82, 2.24) is 4.90 Å². The summed E-state index contributed by atoms with van der Waals surface area (Å²) in [5.41, 5.74) is 0. The summed E-state index contributed by atoms with van der Waals surface area (Å²) in [5.74, 6) is 0.255. The van der Waals surface area contributed by atoms with Crippen molar-refractivity contribution in [3.8, 4) is 0 Å². The van der Waals surface area contributed by atoms with E-state index >= 15 is 0 Å². The van der Waals surface area contributed by atoms with Crippen LogP contribution in [0.3, 0.4) is 0 Å². The lowest BCUT2D eigenvalue weighted by Gasteiger charge is -2.15. The van der Waals surface area contributed by atoms with E-state index in [-0.39, 0.29) is 5.91 Å². The van der Waals surface area contributed by atoms with Gasteiger partial charge in [-0.25, -0.2) is 0 Å². The van der Waals surface area contributed by atoms with E-state index in [1.165, 1.54) is 12.8 Å². The third-order valence-electron chi connectivity index (χ3n) is 2.39. The molecule has 0 spiro atoms. The van der Waals surface area contributed by atoms with E-state index in [4.69, 9.17) is 0 Å². The number of carbonyl (C=O) groups excluding carboxylic acids is 1. The molecule has 0 saturated heterocycles. The molecular weight excluding hydrogens is 182 g/mol. The molecule has 0 unspecified atom stereocenters.